The molecule has 1 aromatic rings. The molecule has 1 amide bonds. The number of rotatable bonds is 2. The summed E-state index contributed by atoms with van der Waals surface area (Å²) < 4.78 is 42.8. The number of hydrogen-bond acceptors (Lipinski definition) is 2. The molecule has 0 radical (unpaired) electrons. The zero-order valence-corrected chi connectivity index (χ0v) is 13.1. The van der Waals surface area contributed by atoms with Crippen LogP contribution in [0.5, 0.6) is 0 Å². The highest BCUT2D eigenvalue weighted by Gasteiger charge is 2.30. The van der Waals surface area contributed by atoms with E-state index in [2.05, 4.69) is 5.32 Å². The lowest BCUT2D eigenvalue weighted by Crippen LogP contribution is -2.36. The highest BCUT2D eigenvalue weighted by atomic mass is 19.4. The number of carbonyl (C=O) groups is 1. The van der Waals surface area contributed by atoms with E-state index in [-0.39, 0.29) is 6.04 Å². The third kappa shape index (κ3) is 4.87. The van der Waals surface area contributed by atoms with Crippen LogP contribution in [0.1, 0.15) is 31.9 Å². The van der Waals surface area contributed by atoms with Crippen molar-refractivity contribution in [2.45, 2.75) is 38.6 Å². The number of allylic oxidation sites excluding steroid dienone is 2. The van der Waals surface area contributed by atoms with E-state index < -0.39 is 23.4 Å². The maximum Gasteiger partial charge on any atom is 0.416 e. The Morgan fingerprint density at radius 1 is 1.13 bits per heavy atom. The lowest BCUT2D eigenvalue weighted by atomic mass is 10.0. The summed E-state index contributed by atoms with van der Waals surface area (Å²) in [4.78, 5) is 11.7. The largest absolute Gasteiger partial charge is 0.444 e. The van der Waals surface area contributed by atoms with Gasteiger partial charge in [-0.3, -0.25) is 0 Å². The maximum absolute atomic E-state index is 12.5. The number of amides is 1. The Morgan fingerprint density at radius 2 is 1.74 bits per heavy atom. The number of halogens is 3. The molecule has 6 heteroatoms. The summed E-state index contributed by atoms with van der Waals surface area (Å²) in [6.07, 6.45) is 0.366. The van der Waals surface area contributed by atoms with Gasteiger partial charge < -0.3 is 10.1 Å². The standard InChI is InChI=1S/C17H18F3NO2/c1-16(2,3)23-15(22)21-14-9-6-12(10-14)11-4-7-13(8-5-11)17(18,19)20/h4-10,14H,1-3H3,(H,21,22). The fourth-order valence-corrected chi connectivity index (χ4v) is 2.09. The van der Waals surface area contributed by atoms with E-state index in [0.717, 1.165) is 17.7 Å². The van der Waals surface area contributed by atoms with Crippen LogP contribution in [0.25, 0.3) is 5.57 Å². The highest BCUT2D eigenvalue weighted by molar-refractivity contribution is 5.79. The van der Waals surface area contributed by atoms with Gasteiger partial charge in [-0.25, -0.2) is 4.79 Å². The van der Waals surface area contributed by atoms with Gasteiger partial charge in [0, 0.05) is 0 Å². The molecule has 0 saturated carbocycles. The Kier molecular flexibility index (Phi) is 4.54. The quantitative estimate of drug-likeness (QED) is 0.866. The number of alkyl carbamates (subject to hydrolysis) is 1. The van der Waals surface area contributed by atoms with Crippen molar-refractivity contribution in [3.8, 4) is 0 Å². The number of hydrogen-bond donors (Lipinski definition) is 1. The first-order chi connectivity index (χ1) is 10.5. The number of ether oxygens (including phenoxy) is 1. The number of nitrogens with one attached hydrogen (secondary N) is 1. The molecule has 124 valence electrons. The van der Waals surface area contributed by atoms with Crippen LogP contribution in [-0.2, 0) is 10.9 Å². The van der Waals surface area contributed by atoms with Crippen LogP contribution in [0.3, 0.4) is 0 Å². The summed E-state index contributed by atoms with van der Waals surface area (Å²) in [6.45, 7) is 5.29. The zero-order valence-electron chi connectivity index (χ0n) is 13.1. The van der Waals surface area contributed by atoms with Crippen LogP contribution in [0.15, 0.2) is 42.5 Å². The molecular formula is C17H18F3NO2. The van der Waals surface area contributed by atoms with Crippen molar-refractivity contribution in [3.05, 3.63) is 53.6 Å². The average Bonchev–Trinajstić information content (AvgIpc) is 2.84. The number of alkyl halides is 3. The van der Waals surface area contributed by atoms with Crippen molar-refractivity contribution < 1.29 is 22.7 Å². The van der Waals surface area contributed by atoms with Crippen molar-refractivity contribution in [3.63, 3.8) is 0 Å². The topological polar surface area (TPSA) is 38.3 Å². The molecule has 0 fully saturated rings. The van der Waals surface area contributed by atoms with E-state index in [1.807, 2.05) is 0 Å². The van der Waals surface area contributed by atoms with Crippen LogP contribution in [0, 0.1) is 0 Å². The van der Waals surface area contributed by atoms with E-state index in [1.54, 1.807) is 39.0 Å². The number of benzene rings is 1. The van der Waals surface area contributed by atoms with Crippen molar-refractivity contribution in [1.82, 2.24) is 5.32 Å². The van der Waals surface area contributed by atoms with Crippen molar-refractivity contribution in [2.24, 2.45) is 0 Å². The van der Waals surface area contributed by atoms with Crippen molar-refractivity contribution in [1.29, 1.82) is 0 Å². The van der Waals surface area contributed by atoms with Crippen molar-refractivity contribution >= 4 is 11.7 Å². The summed E-state index contributed by atoms with van der Waals surface area (Å²) in [5, 5.41) is 2.67. The van der Waals surface area contributed by atoms with Gasteiger partial charge in [0.1, 0.15) is 5.60 Å². The van der Waals surface area contributed by atoms with Crippen LogP contribution >= 0.6 is 0 Å². The van der Waals surface area contributed by atoms with E-state index in [4.69, 9.17) is 4.74 Å². The highest BCUT2D eigenvalue weighted by Crippen LogP contribution is 2.31. The number of carbonyl (C=O) groups excluding carboxylic acids is 1. The van der Waals surface area contributed by atoms with Crippen LogP contribution < -0.4 is 5.32 Å². The molecule has 1 aliphatic rings. The lowest BCUT2D eigenvalue weighted by Gasteiger charge is -2.20. The van der Waals surface area contributed by atoms with Crippen molar-refractivity contribution in [2.75, 3.05) is 0 Å². The van der Waals surface area contributed by atoms with E-state index in [1.165, 1.54) is 12.1 Å². The summed E-state index contributed by atoms with van der Waals surface area (Å²) in [5.41, 5.74) is 0.126. The molecule has 23 heavy (non-hydrogen) atoms. The predicted octanol–water partition coefficient (Wildman–Crippen LogP) is 4.55. The molecule has 0 spiro atoms. The fraction of sp³-hybridized carbons (Fsp3) is 0.353. The summed E-state index contributed by atoms with van der Waals surface area (Å²) in [6, 6.07) is 4.56. The second-order valence-electron chi connectivity index (χ2n) is 6.23. The van der Waals surface area contributed by atoms with Crippen LogP contribution in [-0.4, -0.2) is 17.7 Å². The van der Waals surface area contributed by atoms with Gasteiger partial charge >= 0.3 is 12.3 Å². The molecule has 2 rings (SSSR count). The summed E-state index contributed by atoms with van der Waals surface area (Å²) in [7, 11) is 0. The van der Waals surface area contributed by atoms with Gasteiger partial charge in [-0.05, 0) is 44.0 Å². The Hall–Kier alpha value is -2.24. The molecule has 0 aliphatic heterocycles. The SMILES string of the molecule is CC(C)(C)OC(=O)NC1C=CC(c2ccc(C(F)(F)F)cc2)=C1. The monoisotopic (exact) mass is 325 g/mol. The molecule has 1 unspecified atom stereocenters. The lowest BCUT2D eigenvalue weighted by molar-refractivity contribution is -0.137. The fourth-order valence-electron chi connectivity index (χ4n) is 2.09. The normalized spacial score (nSPS) is 17.8. The van der Waals surface area contributed by atoms with Gasteiger partial charge in [-0.2, -0.15) is 13.2 Å². The predicted molar refractivity (Wildman–Crippen MR) is 81.7 cm³/mol. The third-order valence-electron chi connectivity index (χ3n) is 3.07. The van der Waals surface area contributed by atoms with E-state index >= 15 is 0 Å². The molecule has 0 saturated heterocycles. The van der Waals surface area contributed by atoms with Crippen LogP contribution in [0.2, 0.25) is 0 Å². The minimum atomic E-state index is -4.35. The van der Waals surface area contributed by atoms with Gasteiger partial charge in [0.15, 0.2) is 0 Å². The minimum Gasteiger partial charge on any atom is -0.444 e. The molecule has 1 N–H and O–H groups in total. The van der Waals surface area contributed by atoms with Crippen LogP contribution in [0.4, 0.5) is 18.0 Å². The smallest absolute Gasteiger partial charge is 0.416 e. The molecule has 1 aliphatic carbocycles. The average molecular weight is 325 g/mol. The Bertz CT molecular complexity index is 637. The summed E-state index contributed by atoms with van der Waals surface area (Å²) in [5.74, 6) is 0. The molecule has 0 aromatic heterocycles. The Balaban J connectivity index is 2.03. The molecular weight excluding hydrogens is 307 g/mol. The first-order valence-corrected chi connectivity index (χ1v) is 7.12. The van der Waals surface area contributed by atoms with E-state index in [0.29, 0.717) is 5.56 Å². The first-order valence-electron chi connectivity index (χ1n) is 7.12. The van der Waals surface area contributed by atoms with Gasteiger partial charge in [0.25, 0.3) is 0 Å². The molecule has 1 aromatic carbocycles. The van der Waals surface area contributed by atoms with Gasteiger partial charge in [0.2, 0.25) is 0 Å². The van der Waals surface area contributed by atoms with Gasteiger partial charge in [-0.1, -0.05) is 30.4 Å². The molecule has 3 nitrogen and oxygen atoms in total. The maximum atomic E-state index is 12.5. The first kappa shape index (κ1) is 17.1. The molecule has 1 atom stereocenters. The zero-order chi connectivity index (χ0) is 17.3. The summed E-state index contributed by atoms with van der Waals surface area (Å²) >= 11 is 0. The van der Waals surface area contributed by atoms with E-state index in [9.17, 15) is 18.0 Å². The Morgan fingerprint density at radius 3 is 2.26 bits per heavy atom. The Labute approximate surface area is 132 Å². The van der Waals surface area contributed by atoms with Gasteiger partial charge in [0.05, 0.1) is 11.6 Å². The third-order valence-corrected chi connectivity index (χ3v) is 3.07. The minimum absolute atomic E-state index is 0.345. The molecule has 0 heterocycles. The second kappa shape index (κ2) is 6.10. The second-order valence-corrected chi connectivity index (χ2v) is 6.23. The molecule has 0 bridgehead atoms. The van der Waals surface area contributed by atoms with Gasteiger partial charge in [-0.15, -0.1) is 0 Å².